The Morgan fingerprint density at radius 3 is 2.27 bits per heavy atom. The highest BCUT2D eigenvalue weighted by atomic mass is 16.5. The van der Waals surface area contributed by atoms with E-state index in [1.54, 1.807) is 43.3 Å². The first kappa shape index (κ1) is 25.4. The van der Waals surface area contributed by atoms with E-state index in [0.29, 0.717) is 40.8 Å². The van der Waals surface area contributed by atoms with Gasteiger partial charge in [0.1, 0.15) is 17.2 Å². The van der Waals surface area contributed by atoms with Crippen LogP contribution in [0.5, 0.6) is 5.75 Å². The molecule has 0 atom stereocenters. The van der Waals surface area contributed by atoms with E-state index in [-0.39, 0.29) is 30.7 Å². The van der Waals surface area contributed by atoms with E-state index in [9.17, 15) is 14.4 Å². The molecule has 4 rings (SSSR count). The van der Waals surface area contributed by atoms with Crippen LogP contribution in [0.25, 0.3) is 11.5 Å². The van der Waals surface area contributed by atoms with Crippen LogP contribution in [-0.2, 0) is 22.6 Å². The summed E-state index contributed by atoms with van der Waals surface area (Å²) in [7, 11) is 0. The molecule has 1 aromatic heterocycles. The standard InChI is InChI=1S/C29H27N3O5/c1-19(33)22-10-14-25(15-11-22)36-18-28(35)30-17-26-20(2)37-29(32-26)23-8-12-24(13-9-23)31-27(34)16-21-6-4-3-5-7-21/h3-15H,16-18H2,1-2H3,(H,30,35)(H,31,34). The predicted molar refractivity (Wildman–Crippen MR) is 139 cm³/mol. The van der Waals surface area contributed by atoms with Crippen LogP contribution in [-0.4, -0.2) is 29.2 Å². The highest BCUT2D eigenvalue weighted by Crippen LogP contribution is 2.23. The van der Waals surface area contributed by atoms with Crippen molar-refractivity contribution in [1.82, 2.24) is 10.3 Å². The van der Waals surface area contributed by atoms with Gasteiger partial charge >= 0.3 is 0 Å². The van der Waals surface area contributed by atoms with Gasteiger partial charge in [-0.05, 0) is 67.9 Å². The summed E-state index contributed by atoms with van der Waals surface area (Å²) in [6, 6.07) is 23.4. The number of ether oxygens (including phenoxy) is 1. The molecule has 8 heteroatoms. The summed E-state index contributed by atoms with van der Waals surface area (Å²) in [5.41, 5.74) is 3.56. The van der Waals surface area contributed by atoms with Crippen LogP contribution >= 0.6 is 0 Å². The zero-order valence-electron chi connectivity index (χ0n) is 20.6. The average Bonchev–Trinajstić information content (AvgIpc) is 3.27. The molecule has 0 fully saturated rings. The monoisotopic (exact) mass is 497 g/mol. The number of aromatic nitrogens is 1. The Morgan fingerprint density at radius 2 is 1.59 bits per heavy atom. The maximum absolute atomic E-state index is 12.3. The van der Waals surface area contributed by atoms with Crippen molar-refractivity contribution < 1.29 is 23.5 Å². The van der Waals surface area contributed by atoms with E-state index in [0.717, 1.165) is 11.1 Å². The van der Waals surface area contributed by atoms with Gasteiger partial charge in [0.15, 0.2) is 12.4 Å². The number of rotatable bonds is 10. The Hall–Kier alpha value is -4.72. The highest BCUT2D eigenvalue weighted by Gasteiger charge is 2.13. The van der Waals surface area contributed by atoms with E-state index in [1.807, 2.05) is 42.5 Å². The number of hydrogen-bond acceptors (Lipinski definition) is 6. The maximum atomic E-state index is 12.3. The fraction of sp³-hybridized carbons (Fsp3) is 0.172. The average molecular weight is 498 g/mol. The van der Waals surface area contributed by atoms with Crippen LogP contribution in [0.4, 0.5) is 5.69 Å². The number of amides is 2. The zero-order valence-corrected chi connectivity index (χ0v) is 20.6. The number of anilines is 1. The first-order chi connectivity index (χ1) is 17.9. The first-order valence-electron chi connectivity index (χ1n) is 11.8. The van der Waals surface area contributed by atoms with Crippen LogP contribution in [0.2, 0.25) is 0 Å². The third-order valence-electron chi connectivity index (χ3n) is 5.60. The second-order valence-electron chi connectivity index (χ2n) is 8.46. The van der Waals surface area contributed by atoms with Gasteiger partial charge in [0.25, 0.3) is 5.91 Å². The summed E-state index contributed by atoms with van der Waals surface area (Å²) in [6.07, 6.45) is 0.299. The summed E-state index contributed by atoms with van der Waals surface area (Å²) in [4.78, 5) is 40.3. The Labute approximate surface area is 214 Å². The van der Waals surface area contributed by atoms with Gasteiger partial charge in [-0.25, -0.2) is 4.98 Å². The largest absolute Gasteiger partial charge is 0.484 e. The van der Waals surface area contributed by atoms with Crippen LogP contribution < -0.4 is 15.4 Å². The third-order valence-corrected chi connectivity index (χ3v) is 5.60. The van der Waals surface area contributed by atoms with Gasteiger partial charge in [0, 0.05) is 16.8 Å². The van der Waals surface area contributed by atoms with Gasteiger partial charge in [-0.3, -0.25) is 14.4 Å². The van der Waals surface area contributed by atoms with E-state index in [2.05, 4.69) is 15.6 Å². The fourth-order valence-corrected chi connectivity index (χ4v) is 3.57. The van der Waals surface area contributed by atoms with Crippen molar-refractivity contribution in [2.45, 2.75) is 26.8 Å². The zero-order chi connectivity index (χ0) is 26.2. The minimum Gasteiger partial charge on any atom is -0.484 e. The lowest BCUT2D eigenvalue weighted by Gasteiger charge is -2.07. The number of aryl methyl sites for hydroxylation is 1. The van der Waals surface area contributed by atoms with Gasteiger partial charge in [-0.15, -0.1) is 0 Å². The predicted octanol–water partition coefficient (Wildman–Crippen LogP) is 4.73. The normalized spacial score (nSPS) is 10.5. The molecule has 3 aromatic carbocycles. The topological polar surface area (TPSA) is 111 Å². The van der Waals surface area contributed by atoms with Gasteiger partial charge < -0.3 is 19.8 Å². The Bertz CT molecular complexity index is 1380. The second-order valence-corrected chi connectivity index (χ2v) is 8.46. The molecule has 0 aliphatic heterocycles. The molecular weight excluding hydrogens is 470 g/mol. The molecule has 0 saturated heterocycles. The SMILES string of the molecule is CC(=O)c1ccc(OCC(=O)NCc2nc(-c3ccc(NC(=O)Cc4ccccc4)cc3)oc2C)cc1. The Morgan fingerprint density at radius 1 is 0.892 bits per heavy atom. The number of carbonyl (C=O) groups is 3. The maximum Gasteiger partial charge on any atom is 0.258 e. The van der Waals surface area contributed by atoms with Crippen molar-refractivity contribution in [3.63, 3.8) is 0 Å². The van der Waals surface area contributed by atoms with E-state index in [1.165, 1.54) is 6.92 Å². The summed E-state index contributed by atoms with van der Waals surface area (Å²) in [5, 5.41) is 5.65. The molecule has 8 nitrogen and oxygen atoms in total. The van der Waals surface area contributed by atoms with Crippen LogP contribution in [0.15, 0.2) is 83.3 Å². The lowest BCUT2D eigenvalue weighted by molar-refractivity contribution is -0.123. The molecule has 0 aliphatic carbocycles. The molecule has 0 aliphatic rings. The Balaban J connectivity index is 1.27. The summed E-state index contributed by atoms with van der Waals surface area (Å²) in [5.74, 6) is 1.08. The number of nitrogens with one attached hydrogen (secondary N) is 2. The molecule has 1 heterocycles. The van der Waals surface area contributed by atoms with Gasteiger partial charge in [0.2, 0.25) is 11.8 Å². The Kier molecular flexibility index (Phi) is 8.10. The summed E-state index contributed by atoms with van der Waals surface area (Å²) >= 11 is 0. The molecule has 0 radical (unpaired) electrons. The van der Waals surface area contributed by atoms with E-state index >= 15 is 0 Å². The molecule has 2 N–H and O–H groups in total. The molecule has 0 bridgehead atoms. The minimum atomic E-state index is -0.310. The van der Waals surface area contributed by atoms with Crippen LogP contribution in [0.3, 0.4) is 0 Å². The van der Waals surface area contributed by atoms with Crippen molar-refractivity contribution in [3.05, 3.63) is 101 Å². The molecule has 0 spiro atoms. The van der Waals surface area contributed by atoms with E-state index in [4.69, 9.17) is 9.15 Å². The van der Waals surface area contributed by atoms with Crippen LogP contribution in [0.1, 0.15) is 34.3 Å². The molecule has 188 valence electrons. The smallest absolute Gasteiger partial charge is 0.258 e. The minimum absolute atomic E-state index is 0.0341. The van der Waals surface area contributed by atoms with Crippen molar-refractivity contribution >= 4 is 23.3 Å². The third kappa shape index (κ3) is 7.14. The molecule has 4 aromatic rings. The fourth-order valence-electron chi connectivity index (χ4n) is 3.57. The highest BCUT2D eigenvalue weighted by molar-refractivity contribution is 5.94. The molecule has 37 heavy (non-hydrogen) atoms. The lowest BCUT2D eigenvalue weighted by Crippen LogP contribution is -2.28. The van der Waals surface area contributed by atoms with Crippen molar-refractivity contribution in [3.8, 4) is 17.2 Å². The van der Waals surface area contributed by atoms with Gasteiger partial charge in [-0.1, -0.05) is 30.3 Å². The second kappa shape index (κ2) is 11.8. The molecule has 0 unspecified atom stereocenters. The number of hydrogen-bond donors (Lipinski definition) is 2. The number of benzene rings is 3. The first-order valence-corrected chi connectivity index (χ1v) is 11.8. The quantitative estimate of drug-likeness (QED) is 0.307. The van der Waals surface area contributed by atoms with Gasteiger partial charge in [-0.2, -0.15) is 0 Å². The number of Topliss-reactive ketones (excluding diaryl/α,β-unsaturated/α-hetero) is 1. The molecule has 2 amide bonds. The number of ketones is 1. The number of nitrogens with zero attached hydrogens (tertiary/aromatic N) is 1. The number of oxazole rings is 1. The molecule has 0 saturated carbocycles. The number of carbonyl (C=O) groups excluding carboxylic acids is 3. The van der Waals surface area contributed by atoms with Crippen molar-refractivity contribution in [1.29, 1.82) is 0 Å². The lowest BCUT2D eigenvalue weighted by atomic mass is 10.1. The van der Waals surface area contributed by atoms with Crippen LogP contribution in [0, 0.1) is 6.92 Å². The van der Waals surface area contributed by atoms with Crippen molar-refractivity contribution in [2.24, 2.45) is 0 Å². The molecular formula is C29H27N3O5. The summed E-state index contributed by atoms with van der Waals surface area (Å²) < 4.78 is 11.3. The summed E-state index contributed by atoms with van der Waals surface area (Å²) in [6.45, 7) is 3.29. The van der Waals surface area contributed by atoms with E-state index < -0.39 is 0 Å². The van der Waals surface area contributed by atoms with Crippen molar-refractivity contribution in [2.75, 3.05) is 11.9 Å². The van der Waals surface area contributed by atoms with Gasteiger partial charge in [0.05, 0.1) is 13.0 Å².